The van der Waals surface area contributed by atoms with E-state index in [1.807, 2.05) is 0 Å². The molecule has 2 heterocycles. The molecule has 8 heteroatoms. The Morgan fingerprint density at radius 1 is 1.25 bits per heavy atom. The number of benzene rings is 1. The Bertz CT molecular complexity index is 824. The Morgan fingerprint density at radius 3 is 2.75 bits per heavy atom. The third-order valence-electron chi connectivity index (χ3n) is 6.18. The predicted molar refractivity (Wildman–Crippen MR) is 97.5 cm³/mol. The number of imide groups is 2. The quantitative estimate of drug-likeness (QED) is 0.762. The van der Waals surface area contributed by atoms with Gasteiger partial charge in [-0.25, -0.2) is 9.18 Å². The molecule has 2 fully saturated rings. The molecule has 3 N–H and O–H groups in total. The lowest BCUT2D eigenvalue weighted by Crippen LogP contribution is -2.61. The summed E-state index contributed by atoms with van der Waals surface area (Å²) in [6.07, 6.45) is 3.08. The van der Waals surface area contributed by atoms with Crippen molar-refractivity contribution in [1.82, 2.24) is 10.2 Å². The molecular formula is C20H24FN3O4. The van der Waals surface area contributed by atoms with Gasteiger partial charge in [-0.05, 0) is 61.8 Å². The van der Waals surface area contributed by atoms with Gasteiger partial charge in [0.15, 0.2) is 0 Å². The van der Waals surface area contributed by atoms with Crippen LogP contribution in [0.15, 0.2) is 18.2 Å². The number of nitrogens with one attached hydrogen (secondary N) is 1. The van der Waals surface area contributed by atoms with Crippen molar-refractivity contribution in [3.63, 3.8) is 0 Å². The number of rotatable bonds is 4. The summed E-state index contributed by atoms with van der Waals surface area (Å²) in [4.78, 5) is 38.7. The van der Waals surface area contributed by atoms with Gasteiger partial charge in [0.25, 0.3) is 0 Å². The van der Waals surface area contributed by atoms with Crippen LogP contribution in [0.25, 0.3) is 0 Å². The van der Waals surface area contributed by atoms with Crippen LogP contribution in [-0.4, -0.2) is 42.0 Å². The fourth-order valence-corrected chi connectivity index (χ4v) is 4.56. The van der Waals surface area contributed by atoms with E-state index >= 15 is 0 Å². The largest absolute Gasteiger partial charge is 0.381 e. The molecule has 2 atom stereocenters. The maximum absolute atomic E-state index is 13.7. The molecule has 0 radical (unpaired) electrons. The van der Waals surface area contributed by atoms with Gasteiger partial charge >= 0.3 is 6.03 Å². The second-order valence-corrected chi connectivity index (χ2v) is 7.90. The van der Waals surface area contributed by atoms with Crippen LogP contribution < -0.4 is 11.1 Å². The minimum Gasteiger partial charge on any atom is -0.381 e. The molecule has 2 aliphatic heterocycles. The number of hydrogen-bond donors (Lipinski definition) is 2. The number of ether oxygens (including phenoxy) is 1. The van der Waals surface area contributed by atoms with E-state index < -0.39 is 29.3 Å². The number of barbiturate groups is 1. The highest BCUT2D eigenvalue weighted by Crippen LogP contribution is 2.39. The van der Waals surface area contributed by atoms with Crippen LogP contribution in [0.3, 0.4) is 0 Å². The van der Waals surface area contributed by atoms with Gasteiger partial charge in [0.2, 0.25) is 11.8 Å². The molecule has 0 bridgehead atoms. The average molecular weight is 389 g/mol. The molecule has 0 saturated carbocycles. The van der Waals surface area contributed by atoms with Crippen LogP contribution in [0, 0.1) is 11.7 Å². The highest BCUT2D eigenvalue weighted by molar-refractivity contribution is 6.16. The summed E-state index contributed by atoms with van der Waals surface area (Å²) in [6, 6.07) is 3.69. The van der Waals surface area contributed by atoms with Crippen molar-refractivity contribution in [2.75, 3.05) is 13.2 Å². The van der Waals surface area contributed by atoms with E-state index in [9.17, 15) is 18.8 Å². The number of nitrogens with two attached hydrogens (primary N) is 1. The van der Waals surface area contributed by atoms with Crippen LogP contribution >= 0.6 is 0 Å². The van der Waals surface area contributed by atoms with Crippen molar-refractivity contribution in [2.45, 2.75) is 50.1 Å². The highest BCUT2D eigenvalue weighted by Gasteiger charge is 2.45. The Balaban J connectivity index is 1.50. The highest BCUT2D eigenvalue weighted by atomic mass is 19.1. The maximum atomic E-state index is 13.7. The first kappa shape index (κ1) is 19.0. The lowest BCUT2D eigenvalue weighted by molar-refractivity contribution is -0.145. The van der Waals surface area contributed by atoms with Crippen LogP contribution in [-0.2, 0) is 26.3 Å². The molecule has 1 unspecified atom stereocenters. The third kappa shape index (κ3) is 3.31. The summed E-state index contributed by atoms with van der Waals surface area (Å²) in [6.45, 7) is 0.962. The first-order chi connectivity index (χ1) is 13.4. The number of nitrogens with zero attached hydrogens (tertiary/aromatic N) is 1. The Labute approximate surface area is 162 Å². The number of carbonyl (C=O) groups is 3. The summed E-state index contributed by atoms with van der Waals surface area (Å²) in [5.41, 5.74) is 7.52. The van der Waals surface area contributed by atoms with E-state index in [2.05, 4.69) is 5.32 Å². The predicted octanol–water partition coefficient (Wildman–Crippen LogP) is 1.58. The molecule has 4 amide bonds. The van der Waals surface area contributed by atoms with E-state index in [0.29, 0.717) is 38.9 Å². The van der Waals surface area contributed by atoms with Crippen molar-refractivity contribution in [1.29, 1.82) is 0 Å². The lowest BCUT2D eigenvalue weighted by Gasteiger charge is -2.38. The number of halogens is 1. The van der Waals surface area contributed by atoms with Gasteiger partial charge < -0.3 is 10.5 Å². The van der Waals surface area contributed by atoms with Gasteiger partial charge in [0.1, 0.15) is 11.7 Å². The maximum Gasteiger partial charge on any atom is 0.331 e. The zero-order chi connectivity index (χ0) is 19.9. The summed E-state index contributed by atoms with van der Waals surface area (Å²) < 4.78 is 19.0. The van der Waals surface area contributed by atoms with Crippen LogP contribution in [0.1, 0.15) is 43.2 Å². The van der Waals surface area contributed by atoms with Crippen molar-refractivity contribution in [2.24, 2.45) is 11.7 Å². The SMILES string of the molecule is N[C@@]1(CCC2C(=O)NC(=O)N(C3CCOCC3)C2=O)CCc2ccc(F)cc21. The van der Waals surface area contributed by atoms with Crippen molar-refractivity contribution < 1.29 is 23.5 Å². The normalized spacial score (nSPS) is 28.4. The number of urea groups is 1. The molecule has 4 rings (SSSR count). The van der Waals surface area contributed by atoms with E-state index in [4.69, 9.17) is 10.5 Å². The number of hydrogen-bond acceptors (Lipinski definition) is 5. The molecule has 1 aliphatic carbocycles. The zero-order valence-corrected chi connectivity index (χ0v) is 15.6. The summed E-state index contributed by atoms with van der Waals surface area (Å²) >= 11 is 0. The van der Waals surface area contributed by atoms with Crippen LogP contribution in [0.5, 0.6) is 0 Å². The fourth-order valence-electron chi connectivity index (χ4n) is 4.56. The smallest absolute Gasteiger partial charge is 0.331 e. The van der Waals surface area contributed by atoms with Crippen molar-refractivity contribution in [3.8, 4) is 0 Å². The minimum atomic E-state index is -0.960. The van der Waals surface area contributed by atoms with E-state index in [0.717, 1.165) is 17.5 Å². The first-order valence-electron chi connectivity index (χ1n) is 9.72. The molecule has 1 aromatic rings. The van der Waals surface area contributed by atoms with E-state index in [1.165, 1.54) is 17.0 Å². The third-order valence-corrected chi connectivity index (χ3v) is 6.18. The van der Waals surface area contributed by atoms with Gasteiger partial charge in [-0.15, -0.1) is 0 Å². The summed E-state index contributed by atoms with van der Waals surface area (Å²) in [5, 5.41) is 2.31. The molecular weight excluding hydrogens is 365 g/mol. The molecule has 0 spiro atoms. The van der Waals surface area contributed by atoms with Gasteiger partial charge in [-0.1, -0.05) is 6.07 Å². The van der Waals surface area contributed by atoms with E-state index in [-0.39, 0.29) is 18.3 Å². The van der Waals surface area contributed by atoms with Crippen molar-refractivity contribution >= 4 is 17.8 Å². The summed E-state index contributed by atoms with van der Waals surface area (Å²) in [5.74, 6) is -2.36. The van der Waals surface area contributed by atoms with Crippen LogP contribution in [0.4, 0.5) is 9.18 Å². The first-order valence-corrected chi connectivity index (χ1v) is 9.72. The molecule has 3 aliphatic rings. The second-order valence-electron chi connectivity index (χ2n) is 7.90. The van der Waals surface area contributed by atoms with E-state index in [1.54, 1.807) is 6.07 Å². The van der Waals surface area contributed by atoms with Gasteiger partial charge in [0, 0.05) is 24.8 Å². The Hall–Kier alpha value is -2.32. The topological polar surface area (TPSA) is 102 Å². The molecule has 1 aromatic carbocycles. The molecule has 7 nitrogen and oxygen atoms in total. The van der Waals surface area contributed by atoms with Crippen LogP contribution in [0.2, 0.25) is 0 Å². The standard InChI is InChI=1S/C20H24FN3O4/c21-13-2-1-12-3-7-20(22,16(12)11-13)8-4-15-17(25)23-19(27)24(18(15)26)14-5-9-28-10-6-14/h1-2,11,14-15H,3-10,22H2,(H,23,25,27)/t15?,20-/m1/s1. The number of carbonyl (C=O) groups excluding carboxylic acids is 3. The number of amides is 4. The van der Waals surface area contributed by atoms with Crippen molar-refractivity contribution in [3.05, 3.63) is 35.1 Å². The lowest BCUT2D eigenvalue weighted by atomic mass is 9.84. The van der Waals surface area contributed by atoms with Gasteiger partial charge in [0.05, 0.1) is 0 Å². The van der Waals surface area contributed by atoms with Gasteiger partial charge in [-0.3, -0.25) is 19.8 Å². The minimum absolute atomic E-state index is 0.212. The molecule has 2 saturated heterocycles. The Morgan fingerprint density at radius 2 is 2.00 bits per heavy atom. The molecule has 28 heavy (non-hydrogen) atoms. The zero-order valence-electron chi connectivity index (χ0n) is 15.6. The second kappa shape index (κ2) is 7.25. The fraction of sp³-hybridized carbons (Fsp3) is 0.550. The average Bonchev–Trinajstić information content (AvgIpc) is 2.99. The number of fused-ring (bicyclic) bond motifs is 1. The molecule has 0 aromatic heterocycles. The van der Waals surface area contributed by atoms with Gasteiger partial charge in [-0.2, -0.15) is 0 Å². The monoisotopic (exact) mass is 389 g/mol. The number of aryl methyl sites for hydroxylation is 1. The summed E-state index contributed by atoms with van der Waals surface area (Å²) in [7, 11) is 0. The Kier molecular flexibility index (Phi) is 4.93. The molecule has 150 valence electrons.